The maximum atomic E-state index is 5.71. The molecule has 0 amide bonds. The van der Waals surface area contributed by atoms with Gasteiger partial charge in [-0.2, -0.15) is 0 Å². The lowest BCUT2D eigenvalue weighted by atomic mass is 10.0. The molecule has 3 heteroatoms. The molecule has 3 atom stereocenters. The van der Waals surface area contributed by atoms with Crippen molar-refractivity contribution in [3.8, 4) is 0 Å². The van der Waals surface area contributed by atoms with E-state index in [0.29, 0.717) is 24.1 Å². The van der Waals surface area contributed by atoms with Crippen LogP contribution in [0.2, 0.25) is 0 Å². The molecule has 1 heterocycles. The van der Waals surface area contributed by atoms with Crippen molar-refractivity contribution in [3.63, 3.8) is 0 Å². The summed E-state index contributed by atoms with van der Waals surface area (Å²) in [5, 5.41) is 0.945. The number of alkyl halides is 1. The van der Waals surface area contributed by atoms with Crippen LogP contribution in [-0.2, 0) is 4.74 Å². The maximum absolute atomic E-state index is 5.71. The van der Waals surface area contributed by atoms with Gasteiger partial charge in [-0.3, -0.25) is 4.90 Å². The topological polar surface area (TPSA) is 12.5 Å². The predicted octanol–water partition coefficient (Wildman–Crippen LogP) is 2.52. The molecule has 84 valence electrons. The summed E-state index contributed by atoms with van der Waals surface area (Å²) in [5.74, 6) is 0.714. The summed E-state index contributed by atoms with van der Waals surface area (Å²) in [5.41, 5.74) is 0. The fourth-order valence-corrected chi connectivity index (χ4v) is 2.27. The van der Waals surface area contributed by atoms with Gasteiger partial charge in [-0.05, 0) is 19.8 Å². The number of halogens is 1. The Morgan fingerprint density at radius 3 is 2.57 bits per heavy atom. The molecule has 0 spiro atoms. The van der Waals surface area contributed by atoms with Gasteiger partial charge in [0, 0.05) is 24.0 Å². The first kappa shape index (κ1) is 12.5. The summed E-state index contributed by atoms with van der Waals surface area (Å²) in [6, 6.07) is 1.21. The zero-order chi connectivity index (χ0) is 10.7. The zero-order valence-electron chi connectivity index (χ0n) is 9.66. The predicted molar refractivity (Wildman–Crippen MR) is 64.0 cm³/mol. The van der Waals surface area contributed by atoms with Gasteiger partial charge in [0.1, 0.15) is 0 Å². The fourth-order valence-electron chi connectivity index (χ4n) is 1.88. The molecule has 0 N–H and O–H groups in total. The Labute approximate surface area is 96.1 Å². The van der Waals surface area contributed by atoms with Crippen LogP contribution in [-0.4, -0.2) is 41.6 Å². The monoisotopic (exact) mass is 263 g/mol. The van der Waals surface area contributed by atoms with Crippen molar-refractivity contribution in [1.29, 1.82) is 0 Å². The van der Waals surface area contributed by atoms with Gasteiger partial charge < -0.3 is 4.74 Å². The molecule has 1 aliphatic rings. The minimum absolute atomic E-state index is 0.368. The van der Waals surface area contributed by atoms with E-state index >= 15 is 0 Å². The summed E-state index contributed by atoms with van der Waals surface area (Å²) < 4.78 is 5.71. The molecule has 0 aromatic heterocycles. The van der Waals surface area contributed by atoms with E-state index in [1.54, 1.807) is 0 Å². The highest BCUT2D eigenvalue weighted by molar-refractivity contribution is 9.09. The van der Waals surface area contributed by atoms with Crippen molar-refractivity contribution >= 4 is 15.9 Å². The Balaban J connectivity index is 2.55. The van der Waals surface area contributed by atoms with Gasteiger partial charge in [-0.25, -0.2) is 0 Å². The van der Waals surface area contributed by atoms with E-state index in [1.165, 1.54) is 0 Å². The first-order valence-corrected chi connectivity index (χ1v) is 6.61. The lowest BCUT2D eigenvalue weighted by Crippen LogP contribution is -2.53. The van der Waals surface area contributed by atoms with Gasteiger partial charge in [0.25, 0.3) is 0 Å². The Morgan fingerprint density at radius 1 is 1.43 bits per heavy atom. The van der Waals surface area contributed by atoms with E-state index in [1.807, 2.05) is 0 Å². The number of ether oxygens (including phenoxy) is 1. The molecule has 1 aliphatic heterocycles. The largest absolute Gasteiger partial charge is 0.374 e. The number of morpholine rings is 1. The van der Waals surface area contributed by atoms with Crippen molar-refractivity contribution in [2.75, 3.05) is 18.5 Å². The SMILES string of the molecule is CC(C)C(C)N1CC(CBr)OCC1C. The molecule has 0 aliphatic carbocycles. The molecule has 0 aromatic rings. The molecular formula is C11H22BrNO. The number of nitrogens with zero attached hydrogens (tertiary/aromatic N) is 1. The van der Waals surface area contributed by atoms with Crippen molar-refractivity contribution < 1.29 is 4.74 Å². The van der Waals surface area contributed by atoms with E-state index < -0.39 is 0 Å². The molecule has 3 unspecified atom stereocenters. The van der Waals surface area contributed by atoms with Gasteiger partial charge >= 0.3 is 0 Å². The molecule has 1 saturated heterocycles. The first-order valence-electron chi connectivity index (χ1n) is 5.49. The van der Waals surface area contributed by atoms with Crippen LogP contribution in [0.4, 0.5) is 0 Å². The maximum Gasteiger partial charge on any atom is 0.0799 e. The smallest absolute Gasteiger partial charge is 0.0799 e. The minimum atomic E-state index is 0.368. The Kier molecular flexibility index (Phi) is 4.88. The van der Waals surface area contributed by atoms with Crippen LogP contribution in [0.1, 0.15) is 27.7 Å². The summed E-state index contributed by atoms with van der Waals surface area (Å²) in [6.45, 7) is 11.1. The highest BCUT2D eigenvalue weighted by Crippen LogP contribution is 2.20. The van der Waals surface area contributed by atoms with Crippen molar-refractivity contribution in [2.24, 2.45) is 5.92 Å². The van der Waals surface area contributed by atoms with Gasteiger partial charge in [0.2, 0.25) is 0 Å². The second kappa shape index (κ2) is 5.47. The molecule has 0 aromatic carbocycles. The van der Waals surface area contributed by atoms with Gasteiger partial charge in [-0.15, -0.1) is 0 Å². The third-order valence-electron chi connectivity index (χ3n) is 3.21. The highest BCUT2D eigenvalue weighted by atomic mass is 79.9. The second-order valence-electron chi connectivity index (χ2n) is 4.64. The molecular weight excluding hydrogens is 242 g/mol. The molecule has 0 bridgehead atoms. The number of rotatable bonds is 3. The van der Waals surface area contributed by atoms with E-state index in [-0.39, 0.29) is 0 Å². The van der Waals surface area contributed by atoms with Crippen LogP contribution < -0.4 is 0 Å². The van der Waals surface area contributed by atoms with Gasteiger partial charge in [0.05, 0.1) is 12.7 Å². The summed E-state index contributed by atoms with van der Waals surface area (Å²) in [7, 11) is 0. The standard InChI is InChI=1S/C11H22BrNO/c1-8(2)10(4)13-6-11(5-12)14-7-9(13)3/h8-11H,5-7H2,1-4H3. The summed E-state index contributed by atoms with van der Waals surface area (Å²) >= 11 is 3.49. The van der Waals surface area contributed by atoms with Crippen LogP contribution in [0.15, 0.2) is 0 Å². The normalized spacial score (nSPS) is 32.1. The Morgan fingerprint density at radius 2 is 2.07 bits per heavy atom. The minimum Gasteiger partial charge on any atom is -0.374 e. The van der Waals surface area contributed by atoms with Crippen molar-refractivity contribution in [2.45, 2.75) is 45.9 Å². The third-order valence-corrected chi connectivity index (χ3v) is 3.94. The van der Waals surface area contributed by atoms with Crippen LogP contribution in [0.25, 0.3) is 0 Å². The van der Waals surface area contributed by atoms with E-state index in [9.17, 15) is 0 Å². The molecule has 1 fully saturated rings. The van der Waals surface area contributed by atoms with Crippen molar-refractivity contribution in [3.05, 3.63) is 0 Å². The van der Waals surface area contributed by atoms with Gasteiger partial charge in [-0.1, -0.05) is 29.8 Å². The lowest BCUT2D eigenvalue weighted by molar-refractivity contribution is -0.0672. The molecule has 0 radical (unpaired) electrons. The molecule has 14 heavy (non-hydrogen) atoms. The first-order chi connectivity index (χ1) is 6.56. The van der Waals surface area contributed by atoms with E-state index in [4.69, 9.17) is 4.74 Å². The molecule has 0 saturated carbocycles. The number of hydrogen-bond acceptors (Lipinski definition) is 2. The van der Waals surface area contributed by atoms with E-state index in [0.717, 1.165) is 18.5 Å². The highest BCUT2D eigenvalue weighted by Gasteiger charge is 2.29. The average Bonchev–Trinajstić information content (AvgIpc) is 2.17. The lowest BCUT2D eigenvalue weighted by Gasteiger charge is -2.42. The second-order valence-corrected chi connectivity index (χ2v) is 5.29. The molecule has 2 nitrogen and oxygen atoms in total. The number of hydrogen-bond donors (Lipinski definition) is 0. The fraction of sp³-hybridized carbons (Fsp3) is 1.00. The van der Waals surface area contributed by atoms with Gasteiger partial charge in [0.15, 0.2) is 0 Å². The quantitative estimate of drug-likeness (QED) is 0.726. The molecule has 1 rings (SSSR count). The van der Waals surface area contributed by atoms with Crippen LogP contribution in [0, 0.1) is 5.92 Å². The van der Waals surface area contributed by atoms with Crippen molar-refractivity contribution in [1.82, 2.24) is 4.90 Å². The van der Waals surface area contributed by atoms with Crippen LogP contribution in [0.5, 0.6) is 0 Å². The Bertz CT molecular complexity index is 175. The summed E-state index contributed by atoms with van der Waals surface area (Å²) in [4.78, 5) is 2.57. The third kappa shape index (κ3) is 2.94. The van der Waals surface area contributed by atoms with Crippen LogP contribution in [0.3, 0.4) is 0 Å². The average molecular weight is 264 g/mol. The Hall–Kier alpha value is 0.400. The van der Waals surface area contributed by atoms with Crippen LogP contribution >= 0.6 is 15.9 Å². The zero-order valence-corrected chi connectivity index (χ0v) is 11.3. The summed E-state index contributed by atoms with van der Waals surface area (Å²) in [6.07, 6.45) is 0.368. The van der Waals surface area contributed by atoms with E-state index in [2.05, 4.69) is 48.5 Å².